The van der Waals surface area contributed by atoms with Crippen molar-refractivity contribution in [1.82, 2.24) is 0 Å². The van der Waals surface area contributed by atoms with Gasteiger partial charge in [0.05, 0.1) is 19.8 Å². The number of methoxy groups -OCH3 is 1. The molecule has 0 amide bonds. The van der Waals surface area contributed by atoms with Crippen molar-refractivity contribution in [3.8, 4) is 0 Å². The summed E-state index contributed by atoms with van der Waals surface area (Å²) >= 11 is 0. The van der Waals surface area contributed by atoms with Crippen LogP contribution in [0.3, 0.4) is 0 Å². The van der Waals surface area contributed by atoms with Crippen molar-refractivity contribution in [1.29, 1.82) is 0 Å². The highest BCUT2D eigenvalue weighted by Gasteiger charge is 2.04. The van der Waals surface area contributed by atoms with Crippen LogP contribution in [0, 0.1) is 0 Å². The van der Waals surface area contributed by atoms with Gasteiger partial charge in [0.2, 0.25) is 0 Å². The summed E-state index contributed by atoms with van der Waals surface area (Å²) in [6, 6.07) is 0. The van der Waals surface area contributed by atoms with Crippen molar-refractivity contribution in [2.45, 2.75) is 13.3 Å². The molecular weight excluding hydrogens is 196 g/mol. The van der Waals surface area contributed by atoms with Gasteiger partial charge in [-0.1, -0.05) is 12.7 Å². The topological polar surface area (TPSA) is 52.6 Å². The Hall–Kier alpha value is -1.84. The lowest BCUT2D eigenvalue weighted by Crippen LogP contribution is -2.03. The third-order valence-electron chi connectivity index (χ3n) is 1.30. The van der Waals surface area contributed by atoms with Gasteiger partial charge in [-0.2, -0.15) is 0 Å². The lowest BCUT2D eigenvalue weighted by Gasteiger charge is -1.97. The number of hydrogen-bond acceptors (Lipinski definition) is 4. The van der Waals surface area contributed by atoms with Crippen molar-refractivity contribution in [2.24, 2.45) is 0 Å². The molecule has 0 aliphatic heterocycles. The van der Waals surface area contributed by atoms with Gasteiger partial charge in [-0.15, -0.1) is 13.2 Å². The first-order chi connectivity index (χ1) is 7.11. The lowest BCUT2D eigenvalue weighted by molar-refractivity contribution is -0.136. The highest BCUT2D eigenvalue weighted by atomic mass is 16.5. The fourth-order valence-electron chi connectivity index (χ4n) is 0.622. The first kappa shape index (κ1) is 15.6. The fourth-order valence-corrected chi connectivity index (χ4v) is 0.622. The molecule has 15 heavy (non-hydrogen) atoms. The Labute approximate surface area is 89.9 Å². The molecule has 0 radical (unpaired) electrons. The minimum atomic E-state index is -0.460. The van der Waals surface area contributed by atoms with E-state index in [2.05, 4.69) is 29.2 Å². The highest BCUT2D eigenvalue weighted by Crippen LogP contribution is 1.99. The zero-order chi connectivity index (χ0) is 12.3. The minimum Gasteiger partial charge on any atom is -0.466 e. The molecule has 0 heterocycles. The molecule has 0 aromatic carbocycles. The van der Waals surface area contributed by atoms with E-state index >= 15 is 0 Å². The van der Waals surface area contributed by atoms with E-state index < -0.39 is 11.9 Å². The summed E-state index contributed by atoms with van der Waals surface area (Å²) in [6.45, 7) is 10.8. The molecule has 84 valence electrons. The van der Waals surface area contributed by atoms with E-state index in [9.17, 15) is 9.59 Å². The van der Waals surface area contributed by atoms with Crippen LogP contribution in [-0.4, -0.2) is 19.0 Å². The van der Waals surface area contributed by atoms with Gasteiger partial charge in [0.25, 0.3) is 0 Å². The van der Waals surface area contributed by atoms with Gasteiger partial charge in [-0.05, 0) is 6.92 Å². The minimum absolute atomic E-state index is 0.0347. The Morgan fingerprint density at radius 3 is 2.27 bits per heavy atom. The molecule has 4 nitrogen and oxygen atoms in total. The van der Waals surface area contributed by atoms with Crippen LogP contribution in [0.25, 0.3) is 0 Å². The Morgan fingerprint density at radius 2 is 1.87 bits per heavy atom. The number of rotatable bonds is 4. The molecule has 0 aliphatic carbocycles. The van der Waals surface area contributed by atoms with Crippen LogP contribution in [0.2, 0.25) is 0 Å². The molecule has 0 rings (SSSR count). The van der Waals surface area contributed by atoms with Crippen LogP contribution >= 0.6 is 0 Å². The summed E-state index contributed by atoms with van der Waals surface area (Å²) in [5.41, 5.74) is 0.378. The van der Waals surface area contributed by atoms with E-state index in [1.807, 2.05) is 0 Å². The maximum absolute atomic E-state index is 10.8. The van der Waals surface area contributed by atoms with Crippen LogP contribution in [0.5, 0.6) is 0 Å². The van der Waals surface area contributed by atoms with E-state index in [4.69, 9.17) is 0 Å². The highest BCUT2D eigenvalue weighted by molar-refractivity contribution is 5.88. The van der Waals surface area contributed by atoms with E-state index in [-0.39, 0.29) is 6.42 Å². The number of ether oxygens (including phenoxy) is 2. The Kier molecular flexibility index (Phi) is 10.7. The summed E-state index contributed by atoms with van der Waals surface area (Å²) < 4.78 is 8.86. The molecule has 0 aliphatic rings. The second-order valence-corrected chi connectivity index (χ2v) is 2.24. The van der Waals surface area contributed by atoms with Crippen LogP contribution in [0.15, 0.2) is 37.6 Å². The quantitative estimate of drug-likeness (QED) is 0.309. The predicted octanol–water partition coefficient (Wildman–Crippen LogP) is 1.98. The second kappa shape index (κ2) is 10.2. The standard InChI is InChI=1S/C9H12O4.C2H4/c1-4-13-8(10)6-5-7(2)9(11)12-3;1-2/h4-5H,1,6H2,2-3H3;1-2H2/b7-5+;. The molecule has 0 atom stereocenters. The zero-order valence-corrected chi connectivity index (χ0v) is 9.12. The Bertz CT molecular complexity index is 253. The first-order valence-electron chi connectivity index (χ1n) is 4.17. The fraction of sp³-hybridized carbons (Fsp3) is 0.273. The molecular formula is C11H16O4. The van der Waals surface area contributed by atoms with Crippen LogP contribution in [0.4, 0.5) is 0 Å². The molecule has 0 N–H and O–H groups in total. The maximum atomic E-state index is 10.8. The third-order valence-corrected chi connectivity index (χ3v) is 1.30. The summed E-state index contributed by atoms with van der Waals surface area (Å²) in [4.78, 5) is 21.6. The van der Waals surface area contributed by atoms with Crippen molar-refractivity contribution >= 4 is 11.9 Å². The summed E-state index contributed by atoms with van der Waals surface area (Å²) in [7, 11) is 1.28. The molecule has 0 aromatic heterocycles. The molecule has 0 saturated heterocycles. The first-order valence-corrected chi connectivity index (χ1v) is 4.17. The molecule has 0 spiro atoms. The molecule has 0 aromatic rings. The maximum Gasteiger partial charge on any atom is 0.333 e. The third kappa shape index (κ3) is 8.49. The van der Waals surface area contributed by atoms with E-state index in [1.165, 1.54) is 13.2 Å². The van der Waals surface area contributed by atoms with Gasteiger partial charge in [0.15, 0.2) is 0 Å². The molecule has 0 unspecified atom stereocenters. The van der Waals surface area contributed by atoms with Gasteiger partial charge < -0.3 is 9.47 Å². The van der Waals surface area contributed by atoms with Crippen molar-refractivity contribution in [2.75, 3.05) is 7.11 Å². The van der Waals surface area contributed by atoms with Gasteiger partial charge in [0, 0.05) is 5.57 Å². The normalized spacial score (nSPS) is 9.33. The number of esters is 2. The summed E-state index contributed by atoms with van der Waals surface area (Å²) in [5, 5.41) is 0. The van der Waals surface area contributed by atoms with E-state index in [0.717, 1.165) is 6.26 Å². The Balaban J connectivity index is 0. The van der Waals surface area contributed by atoms with Gasteiger partial charge in [-0.3, -0.25) is 4.79 Å². The summed E-state index contributed by atoms with van der Waals surface area (Å²) in [6.07, 6.45) is 2.52. The number of carbonyl (C=O) groups excluding carboxylic acids is 2. The average molecular weight is 212 g/mol. The van der Waals surface area contributed by atoms with E-state index in [1.54, 1.807) is 6.92 Å². The van der Waals surface area contributed by atoms with Crippen molar-refractivity contribution in [3.63, 3.8) is 0 Å². The van der Waals surface area contributed by atoms with Gasteiger partial charge in [-0.25, -0.2) is 4.79 Å². The van der Waals surface area contributed by atoms with Gasteiger partial charge >= 0.3 is 11.9 Å². The largest absolute Gasteiger partial charge is 0.466 e. The van der Waals surface area contributed by atoms with Crippen molar-refractivity contribution < 1.29 is 19.1 Å². The SMILES string of the molecule is C=C.C=COC(=O)C/C=C(\C)C(=O)OC. The van der Waals surface area contributed by atoms with Crippen LogP contribution < -0.4 is 0 Å². The van der Waals surface area contributed by atoms with Crippen LogP contribution in [-0.2, 0) is 19.1 Å². The number of carbonyl (C=O) groups is 2. The molecule has 0 bridgehead atoms. The summed E-state index contributed by atoms with van der Waals surface area (Å²) in [5.74, 6) is -0.912. The average Bonchev–Trinajstić information content (AvgIpc) is 2.28. The zero-order valence-electron chi connectivity index (χ0n) is 9.12. The lowest BCUT2D eigenvalue weighted by atomic mass is 10.2. The smallest absolute Gasteiger partial charge is 0.333 e. The van der Waals surface area contributed by atoms with Crippen molar-refractivity contribution in [3.05, 3.63) is 37.6 Å². The number of hydrogen-bond donors (Lipinski definition) is 0. The van der Waals surface area contributed by atoms with E-state index in [0.29, 0.717) is 5.57 Å². The van der Waals surface area contributed by atoms with Crippen LogP contribution in [0.1, 0.15) is 13.3 Å². The van der Waals surface area contributed by atoms with Gasteiger partial charge in [0.1, 0.15) is 0 Å². The monoisotopic (exact) mass is 212 g/mol. The molecule has 0 fully saturated rings. The second-order valence-electron chi connectivity index (χ2n) is 2.24. The molecule has 4 heteroatoms. The predicted molar refractivity (Wildman–Crippen MR) is 57.9 cm³/mol. The molecule has 0 saturated carbocycles. The Morgan fingerprint density at radius 1 is 1.33 bits per heavy atom.